The molecule has 1 aliphatic heterocycles. The molecule has 16 heavy (non-hydrogen) atoms. The highest BCUT2D eigenvalue weighted by Gasteiger charge is 2.45. The molecule has 1 aliphatic carbocycles. The van der Waals surface area contributed by atoms with Crippen LogP contribution < -0.4 is 5.32 Å². The molecular formula is C15H29N. The second-order valence-corrected chi connectivity index (χ2v) is 7.23. The van der Waals surface area contributed by atoms with Crippen molar-refractivity contribution in [2.24, 2.45) is 17.3 Å². The topological polar surface area (TPSA) is 12.0 Å². The van der Waals surface area contributed by atoms with E-state index in [9.17, 15) is 0 Å². The summed E-state index contributed by atoms with van der Waals surface area (Å²) >= 11 is 0. The molecule has 1 saturated carbocycles. The summed E-state index contributed by atoms with van der Waals surface area (Å²) in [6.07, 6.45) is 8.53. The van der Waals surface area contributed by atoms with Crippen molar-refractivity contribution in [3.8, 4) is 0 Å². The summed E-state index contributed by atoms with van der Waals surface area (Å²) in [5.41, 5.74) is 0.955. The number of nitrogens with one attached hydrogen (secondary N) is 1. The lowest BCUT2D eigenvalue weighted by Crippen LogP contribution is -2.57. The molecule has 2 fully saturated rings. The normalized spacial score (nSPS) is 44.2. The van der Waals surface area contributed by atoms with Gasteiger partial charge in [0.05, 0.1) is 0 Å². The first-order chi connectivity index (χ1) is 7.44. The SMILES string of the molecule is CC1CCC(C)([C@@H]2CCCCC2(C)C)NC1. The number of hydrogen-bond acceptors (Lipinski definition) is 1. The van der Waals surface area contributed by atoms with Crippen molar-refractivity contribution in [2.75, 3.05) is 6.54 Å². The zero-order valence-corrected chi connectivity index (χ0v) is 11.6. The van der Waals surface area contributed by atoms with Gasteiger partial charge < -0.3 is 5.32 Å². The van der Waals surface area contributed by atoms with E-state index in [2.05, 4.69) is 33.0 Å². The van der Waals surface area contributed by atoms with Crippen LogP contribution in [0.1, 0.15) is 66.2 Å². The minimum Gasteiger partial charge on any atom is -0.311 e. The lowest BCUT2D eigenvalue weighted by molar-refractivity contribution is 0.0259. The molecule has 0 amide bonds. The first kappa shape index (κ1) is 12.4. The van der Waals surface area contributed by atoms with Crippen molar-refractivity contribution >= 4 is 0 Å². The Morgan fingerprint density at radius 2 is 1.75 bits per heavy atom. The predicted molar refractivity (Wildman–Crippen MR) is 70.5 cm³/mol. The maximum atomic E-state index is 3.87. The monoisotopic (exact) mass is 223 g/mol. The Morgan fingerprint density at radius 1 is 1.00 bits per heavy atom. The minimum absolute atomic E-state index is 0.413. The highest BCUT2D eigenvalue weighted by molar-refractivity contribution is 5.01. The third-order valence-corrected chi connectivity index (χ3v) is 5.29. The minimum atomic E-state index is 0.413. The van der Waals surface area contributed by atoms with Crippen molar-refractivity contribution in [2.45, 2.75) is 71.8 Å². The molecule has 0 aromatic rings. The van der Waals surface area contributed by atoms with E-state index >= 15 is 0 Å². The number of hydrogen-bond donors (Lipinski definition) is 1. The molecule has 1 heteroatoms. The van der Waals surface area contributed by atoms with E-state index in [1.807, 2.05) is 0 Å². The van der Waals surface area contributed by atoms with E-state index < -0.39 is 0 Å². The number of rotatable bonds is 1. The molecule has 0 aromatic carbocycles. The molecular weight excluding hydrogens is 194 g/mol. The van der Waals surface area contributed by atoms with E-state index in [1.165, 1.54) is 45.1 Å². The van der Waals surface area contributed by atoms with E-state index in [0.29, 0.717) is 11.0 Å². The highest BCUT2D eigenvalue weighted by atomic mass is 15.0. The Hall–Kier alpha value is -0.0400. The molecule has 0 bridgehead atoms. The Balaban J connectivity index is 2.09. The van der Waals surface area contributed by atoms with Gasteiger partial charge in [0, 0.05) is 5.54 Å². The Kier molecular flexibility index (Phi) is 3.36. The molecule has 2 unspecified atom stereocenters. The smallest absolute Gasteiger partial charge is 0.0186 e. The van der Waals surface area contributed by atoms with Crippen molar-refractivity contribution in [1.29, 1.82) is 0 Å². The van der Waals surface area contributed by atoms with E-state index in [4.69, 9.17) is 0 Å². The van der Waals surface area contributed by atoms with Gasteiger partial charge in [-0.25, -0.2) is 0 Å². The first-order valence-corrected chi connectivity index (χ1v) is 7.19. The largest absolute Gasteiger partial charge is 0.311 e. The summed E-state index contributed by atoms with van der Waals surface area (Å²) in [5, 5.41) is 3.87. The van der Waals surface area contributed by atoms with Gasteiger partial charge in [0.2, 0.25) is 0 Å². The average Bonchev–Trinajstić information content (AvgIpc) is 2.22. The second-order valence-electron chi connectivity index (χ2n) is 7.23. The third kappa shape index (κ3) is 2.30. The summed E-state index contributed by atoms with van der Waals surface area (Å²) in [7, 11) is 0. The van der Waals surface area contributed by atoms with Crippen LogP contribution in [0.15, 0.2) is 0 Å². The fourth-order valence-corrected chi connectivity index (χ4v) is 4.12. The molecule has 1 saturated heterocycles. The first-order valence-electron chi connectivity index (χ1n) is 7.19. The van der Waals surface area contributed by atoms with Gasteiger partial charge in [-0.1, -0.05) is 33.6 Å². The van der Waals surface area contributed by atoms with Crippen LogP contribution in [0.5, 0.6) is 0 Å². The molecule has 2 aliphatic rings. The summed E-state index contributed by atoms with van der Waals surface area (Å²) in [6.45, 7) is 11.1. The van der Waals surface area contributed by atoms with E-state index in [1.54, 1.807) is 0 Å². The Morgan fingerprint density at radius 3 is 2.31 bits per heavy atom. The van der Waals surface area contributed by atoms with Gasteiger partial charge >= 0.3 is 0 Å². The van der Waals surface area contributed by atoms with Crippen LogP contribution in [0.4, 0.5) is 0 Å². The molecule has 0 spiro atoms. The lowest BCUT2D eigenvalue weighted by atomic mass is 9.59. The van der Waals surface area contributed by atoms with Crippen molar-refractivity contribution in [3.05, 3.63) is 0 Å². The van der Waals surface area contributed by atoms with Gasteiger partial charge in [0.15, 0.2) is 0 Å². The average molecular weight is 223 g/mol. The maximum Gasteiger partial charge on any atom is 0.0186 e. The number of piperidine rings is 1. The summed E-state index contributed by atoms with van der Waals surface area (Å²) in [6, 6.07) is 0. The van der Waals surface area contributed by atoms with Crippen molar-refractivity contribution in [3.63, 3.8) is 0 Å². The van der Waals surface area contributed by atoms with Gasteiger partial charge in [-0.3, -0.25) is 0 Å². The predicted octanol–water partition coefficient (Wildman–Crippen LogP) is 3.98. The molecule has 94 valence electrons. The van der Waals surface area contributed by atoms with Crippen LogP contribution in [0.3, 0.4) is 0 Å². The molecule has 1 nitrogen and oxygen atoms in total. The van der Waals surface area contributed by atoms with Gasteiger partial charge in [0.1, 0.15) is 0 Å². The van der Waals surface area contributed by atoms with Crippen molar-refractivity contribution < 1.29 is 0 Å². The molecule has 0 aromatic heterocycles. The quantitative estimate of drug-likeness (QED) is 0.709. The fourth-order valence-electron chi connectivity index (χ4n) is 4.12. The maximum absolute atomic E-state index is 3.87. The lowest BCUT2D eigenvalue weighted by Gasteiger charge is -2.52. The summed E-state index contributed by atoms with van der Waals surface area (Å²) in [5.74, 6) is 1.75. The Labute approximate surface area is 101 Å². The third-order valence-electron chi connectivity index (χ3n) is 5.29. The van der Waals surface area contributed by atoms with Gasteiger partial charge in [-0.05, 0) is 56.4 Å². The van der Waals surface area contributed by atoms with Crippen LogP contribution in [-0.4, -0.2) is 12.1 Å². The van der Waals surface area contributed by atoms with Crippen molar-refractivity contribution in [1.82, 2.24) is 5.32 Å². The zero-order chi connectivity index (χ0) is 11.8. The van der Waals surface area contributed by atoms with E-state index in [0.717, 1.165) is 11.8 Å². The molecule has 2 rings (SSSR count). The van der Waals surface area contributed by atoms with E-state index in [-0.39, 0.29) is 0 Å². The summed E-state index contributed by atoms with van der Waals surface area (Å²) in [4.78, 5) is 0. The molecule has 3 atom stereocenters. The standard InChI is InChI=1S/C15H29N/c1-12-8-10-15(4,16-11-12)13-7-5-6-9-14(13,2)3/h12-13,16H,5-11H2,1-4H3/t12?,13-,15?/m1/s1. The van der Waals surface area contributed by atoms with Crippen LogP contribution in [0, 0.1) is 17.3 Å². The summed E-state index contributed by atoms with van der Waals surface area (Å²) < 4.78 is 0. The van der Waals surface area contributed by atoms with Crippen LogP contribution >= 0.6 is 0 Å². The van der Waals surface area contributed by atoms with Crippen LogP contribution in [0.2, 0.25) is 0 Å². The fraction of sp³-hybridized carbons (Fsp3) is 1.00. The zero-order valence-electron chi connectivity index (χ0n) is 11.6. The molecule has 1 N–H and O–H groups in total. The van der Waals surface area contributed by atoms with Gasteiger partial charge in [-0.15, -0.1) is 0 Å². The van der Waals surface area contributed by atoms with Crippen LogP contribution in [0.25, 0.3) is 0 Å². The molecule has 0 radical (unpaired) electrons. The Bertz CT molecular complexity index is 236. The highest BCUT2D eigenvalue weighted by Crippen LogP contribution is 2.48. The van der Waals surface area contributed by atoms with Gasteiger partial charge in [0.25, 0.3) is 0 Å². The second kappa shape index (κ2) is 4.33. The van der Waals surface area contributed by atoms with Gasteiger partial charge in [-0.2, -0.15) is 0 Å². The van der Waals surface area contributed by atoms with Crippen LogP contribution in [-0.2, 0) is 0 Å². The molecule has 1 heterocycles.